The highest BCUT2D eigenvalue weighted by Crippen LogP contribution is 2.26. The van der Waals surface area contributed by atoms with Crippen LogP contribution >= 0.6 is 11.3 Å². The summed E-state index contributed by atoms with van der Waals surface area (Å²) in [6.07, 6.45) is 1.69. The van der Waals surface area contributed by atoms with E-state index in [2.05, 4.69) is 41.4 Å². The highest BCUT2D eigenvalue weighted by molar-refractivity contribution is 7.17. The van der Waals surface area contributed by atoms with Crippen LogP contribution in [0.3, 0.4) is 0 Å². The molecule has 33 heavy (non-hydrogen) atoms. The van der Waals surface area contributed by atoms with Gasteiger partial charge in [-0.3, -0.25) is 14.2 Å². The summed E-state index contributed by atoms with van der Waals surface area (Å²) >= 11 is 1.42. The molecule has 0 spiro atoms. The predicted octanol–water partition coefficient (Wildman–Crippen LogP) is 4.67. The SMILES string of the molecule is Cc1ccc(Cn2c(N3CCCC(C(=O)Nc4ccccc4)C3)nc3ccsc3c2=O)cc1. The van der Waals surface area contributed by atoms with E-state index in [1.165, 1.54) is 16.9 Å². The van der Waals surface area contributed by atoms with Crippen LogP contribution in [0.2, 0.25) is 0 Å². The van der Waals surface area contributed by atoms with Crippen LogP contribution in [0.15, 0.2) is 70.8 Å². The number of carbonyl (C=O) groups excluding carboxylic acids is 1. The number of rotatable bonds is 5. The first kappa shape index (κ1) is 21.4. The predicted molar refractivity (Wildman–Crippen MR) is 134 cm³/mol. The molecule has 1 amide bonds. The van der Waals surface area contributed by atoms with E-state index in [0.29, 0.717) is 23.7 Å². The zero-order valence-electron chi connectivity index (χ0n) is 18.5. The maximum atomic E-state index is 13.4. The lowest BCUT2D eigenvalue weighted by Crippen LogP contribution is -2.43. The van der Waals surface area contributed by atoms with E-state index in [1.54, 1.807) is 4.57 Å². The fourth-order valence-corrected chi connectivity index (χ4v) is 5.11. The van der Waals surface area contributed by atoms with Gasteiger partial charge in [-0.15, -0.1) is 11.3 Å². The average Bonchev–Trinajstić information content (AvgIpc) is 3.32. The Hall–Kier alpha value is -3.45. The van der Waals surface area contributed by atoms with Crippen molar-refractivity contribution in [2.75, 3.05) is 23.3 Å². The molecule has 0 aliphatic carbocycles. The molecule has 0 radical (unpaired) electrons. The van der Waals surface area contributed by atoms with Crippen molar-refractivity contribution in [2.45, 2.75) is 26.3 Å². The Morgan fingerprint density at radius 3 is 2.70 bits per heavy atom. The van der Waals surface area contributed by atoms with Gasteiger partial charge in [0.15, 0.2) is 0 Å². The number of anilines is 2. The summed E-state index contributed by atoms with van der Waals surface area (Å²) in [5.41, 5.74) is 3.73. The van der Waals surface area contributed by atoms with Crippen molar-refractivity contribution in [3.63, 3.8) is 0 Å². The Morgan fingerprint density at radius 2 is 1.91 bits per heavy atom. The van der Waals surface area contributed by atoms with Crippen molar-refractivity contribution in [3.05, 3.63) is 87.5 Å². The van der Waals surface area contributed by atoms with Crippen molar-refractivity contribution >= 4 is 39.1 Å². The summed E-state index contributed by atoms with van der Waals surface area (Å²) in [6, 6.07) is 19.6. The van der Waals surface area contributed by atoms with Gasteiger partial charge in [0.25, 0.3) is 5.56 Å². The minimum absolute atomic E-state index is 0.00921. The number of nitrogens with zero attached hydrogens (tertiary/aromatic N) is 3. The molecule has 7 heteroatoms. The molecule has 4 aromatic rings. The molecular weight excluding hydrogens is 432 g/mol. The van der Waals surface area contributed by atoms with E-state index < -0.39 is 0 Å². The quantitative estimate of drug-likeness (QED) is 0.472. The number of hydrogen-bond donors (Lipinski definition) is 1. The van der Waals surface area contributed by atoms with Crippen LogP contribution in [0.5, 0.6) is 0 Å². The molecule has 0 bridgehead atoms. The third-order valence-corrected chi connectivity index (χ3v) is 7.01. The molecule has 5 rings (SSSR count). The van der Waals surface area contributed by atoms with Crippen molar-refractivity contribution in [1.29, 1.82) is 0 Å². The highest BCUT2D eigenvalue weighted by atomic mass is 32.1. The second-order valence-corrected chi connectivity index (χ2v) is 9.48. The second-order valence-electron chi connectivity index (χ2n) is 8.56. The van der Waals surface area contributed by atoms with Gasteiger partial charge in [-0.1, -0.05) is 48.0 Å². The summed E-state index contributed by atoms with van der Waals surface area (Å²) in [5, 5.41) is 4.94. The standard InChI is InChI=1S/C26H26N4O2S/c1-18-9-11-19(12-10-18)16-30-25(32)23-22(13-15-33-23)28-26(30)29-14-5-6-20(17-29)24(31)27-21-7-3-2-4-8-21/h2-4,7-13,15,20H,5-6,14,16-17H2,1H3,(H,27,31). The zero-order valence-corrected chi connectivity index (χ0v) is 19.3. The average molecular weight is 459 g/mol. The second kappa shape index (κ2) is 9.19. The first-order valence-electron chi connectivity index (χ1n) is 11.2. The Labute approximate surface area is 196 Å². The van der Waals surface area contributed by atoms with Gasteiger partial charge in [-0.2, -0.15) is 0 Å². The first-order valence-corrected chi connectivity index (χ1v) is 12.1. The number of amides is 1. The van der Waals surface area contributed by atoms with Gasteiger partial charge in [0.1, 0.15) is 4.70 Å². The minimum atomic E-state index is -0.165. The van der Waals surface area contributed by atoms with Gasteiger partial charge in [0, 0.05) is 18.8 Å². The summed E-state index contributed by atoms with van der Waals surface area (Å²) in [6.45, 7) is 3.81. The Kier molecular flexibility index (Phi) is 5.96. The molecule has 1 aliphatic rings. The number of nitrogens with one attached hydrogen (secondary N) is 1. The minimum Gasteiger partial charge on any atom is -0.341 e. The van der Waals surface area contributed by atoms with Crippen LogP contribution in [0.25, 0.3) is 10.2 Å². The molecule has 168 valence electrons. The number of hydrogen-bond acceptors (Lipinski definition) is 5. The number of aromatic nitrogens is 2. The van der Waals surface area contributed by atoms with E-state index in [-0.39, 0.29) is 17.4 Å². The van der Waals surface area contributed by atoms with Crippen molar-refractivity contribution in [1.82, 2.24) is 9.55 Å². The molecular formula is C26H26N4O2S. The molecule has 1 aliphatic heterocycles. The summed E-state index contributed by atoms with van der Waals surface area (Å²) in [5.74, 6) is 0.487. The van der Waals surface area contributed by atoms with Gasteiger partial charge in [0.05, 0.1) is 18.0 Å². The number of fused-ring (bicyclic) bond motifs is 1. The number of carbonyl (C=O) groups is 1. The topological polar surface area (TPSA) is 67.2 Å². The monoisotopic (exact) mass is 458 g/mol. The molecule has 1 unspecified atom stereocenters. The molecule has 3 heterocycles. The van der Waals surface area contributed by atoms with Gasteiger partial charge < -0.3 is 10.2 Å². The first-order chi connectivity index (χ1) is 16.1. The highest BCUT2D eigenvalue weighted by Gasteiger charge is 2.29. The van der Waals surface area contributed by atoms with Crippen LogP contribution < -0.4 is 15.8 Å². The summed E-state index contributed by atoms with van der Waals surface area (Å²) in [7, 11) is 0. The molecule has 1 N–H and O–H groups in total. The third kappa shape index (κ3) is 4.54. The number of thiophene rings is 1. The van der Waals surface area contributed by atoms with Crippen LogP contribution in [0.4, 0.5) is 11.6 Å². The van der Waals surface area contributed by atoms with Crippen molar-refractivity contribution in [3.8, 4) is 0 Å². The van der Waals surface area contributed by atoms with E-state index in [9.17, 15) is 9.59 Å². The van der Waals surface area contributed by atoms with Crippen molar-refractivity contribution in [2.24, 2.45) is 5.92 Å². The van der Waals surface area contributed by atoms with E-state index in [1.807, 2.05) is 41.8 Å². The Balaban J connectivity index is 1.45. The van der Waals surface area contributed by atoms with E-state index in [4.69, 9.17) is 4.98 Å². The summed E-state index contributed by atoms with van der Waals surface area (Å²) < 4.78 is 2.43. The van der Waals surface area contributed by atoms with Crippen LogP contribution in [0.1, 0.15) is 24.0 Å². The Bertz CT molecular complexity index is 1330. The number of piperidine rings is 1. The molecule has 6 nitrogen and oxygen atoms in total. The lowest BCUT2D eigenvalue weighted by molar-refractivity contribution is -0.120. The van der Waals surface area contributed by atoms with Crippen LogP contribution in [-0.2, 0) is 11.3 Å². The molecule has 2 aromatic heterocycles. The number of para-hydroxylation sites is 1. The smallest absolute Gasteiger partial charge is 0.273 e. The largest absolute Gasteiger partial charge is 0.341 e. The van der Waals surface area contributed by atoms with Gasteiger partial charge in [-0.05, 0) is 48.9 Å². The summed E-state index contributed by atoms with van der Waals surface area (Å²) in [4.78, 5) is 33.4. The normalized spacial score (nSPS) is 16.2. The molecule has 0 saturated carbocycles. The van der Waals surface area contributed by atoms with Gasteiger partial charge in [-0.25, -0.2) is 4.98 Å². The lowest BCUT2D eigenvalue weighted by Gasteiger charge is -2.34. The maximum Gasteiger partial charge on any atom is 0.273 e. The molecule has 2 aromatic carbocycles. The zero-order chi connectivity index (χ0) is 22.8. The van der Waals surface area contributed by atoms with Crippen molar-refractivity contribution < 1.29 is 4.79 Å². The Morgan fingerprint density at radius 1 is 1.12 bits per heavy atom. The number of aryl methyl sites for hydroxylation is 1. The third-order valence-electron chi connectivity index (χ3n) is 6.12. The molecule has 1 saturated heterocycles. The van der Waals surface area contributed by atoms with Crippen LogP contribution in [-0.4, -0.2) is 28.5 Å². The van der Waals surface area contributed by atoms with E-state index >= 15 is 0 Å². The van der Waals surface area contributed by atoms with Gasteiger partial charge >= 0.3 is 0 Å². The number of benzene rings is 2. The van der Waals surface area contributed by atoms with E-state index in [0.717, 1.165) is 36.2 Å². The molecule has 1 atom stereocenters. The lowest BCUT2D eigenvalue weighted by atomic mass is 9.97. The molecule has 1 fully saturated rings. The fraction of sp³-hybridized carbons (Fsp3) is 0.269. The van der Waals surface area contributed by atoms with Crippen LogP contribution in [0, 0.1) is 12.8 Å². The fourth-order valence-electron chi connectivity index (χ4n) is 4.33. The van der Waals surface area contributed by atoms with Gasteiger partial charge in [0.2, 0.25) is 11.9 Å². The maximum absolute atomic E-state index is 13.4.